The average Bonchev–Trinajstić information content (AvgIpc) is 2.54. The number of thiocarbonyl (C=S) groups is 1. The molecular formula is C17H26N2OS. The molecule has 1 fully saturated rings. The van der Waals surface area contributed by atoms with E-state index in [-0.39, 0.29) is 12.6 Å². The van der Waals surface area contributed by atoms with Crippen LogP contribution in [0.3, 0.4) is 0 Å². The van der Waals surface area contributed by atoms with Gasteiger partial charge in [-0.25, -0.2) is 0 Å². The van der Waals surface area contributed by atoms with Gasteiger partial charge in [-0.2, -0.15) is 0 Å². The predicted octanol–water partition coefficient (Wildman–Crippen LogP) is 3.36. The molecule has 1 saturated heterocycles. The Hall–Kier alpha value is -1.13. The van der Waals surface area contributed by atoms with Gasteiger partial charge in [-0.15, -0.1) is 0 Å². The maximum Gasteiger partial charge on any atom is 0.173 e. The lowest BCUT2D eigenvalue weighted by Gasteiger charge is -2.37. The summed E-state index contributed by atoms with van der Waals surface area (Å²) in [6.07, 6.45) is 5.32. The Morgan fingerprint density at radius 1 is 1.29 bits per heavy atom. The monoisotopic (exact) mass is 306 g/mol. The van der Waals surface area contributed by atoms with Crippen molar-refractivity contribution >= 4 is 23.0 Å². The molecule has 2 N–H and O–H groups in total. The van der Waals surface area contributed by atoms with Crippen molar-refractivity contribution in [1.82, 2.24) is 4.90 Å². The van der Waals surface area contributed by atoms with Crippen molar-refractivity contribution in [2.75, 3.05) is 18.5 Å². The molecule has 21 heavy (non-hydrogen) atoms. The van der Waals surface area contributed by atoms with Crippen molar-refractivity contribution in [1.29, 1.82) is 0 Å². The van der Waals surface area contributed by atoms with E-state index in [1.165, 1.54) is 17.5 Å². The van der Waals surface area contributed by atoms with Crippen LogP contribution in [0.15, 0.2) is 18.2 Å². The number of aryl methyl sites for hydroxylation is 2. The van der Waals surface area contributed by atoms with Crippen LogP contribution in [0.2, 0.25) is 0 Å². The molecular weight excluding hydrogens is 280 g/mol. The first-order valence-electron chi connectivity index (χ1n) is 8.00. The largest absolute Gasteiger partial charge is 0.394 e. The molecule has 1 aromatic rings. The third-order valence-electron chi connectivity index (χ3n) is 4.33. The summed E-state index contributed by atoms with van der Waals surface area (Å²) >= 11 is 5.62. The fourth-order valence-corrected chi connectivity index (χ4v) is 3.38. The number of aliphatic hydroxyl groups excluding tert-OH is 1. The Morgan fingerprint density at radius 2 is 1.95 bits per heavy atom. The van der Waals surface area contributed by atoms with Gasteiger partial charge in [0.1, 0.15) is 0 Å². The van der Waals surface area contributed by atoms with E-state index in [0.29, 0.717) is 0 Å². The maximum absolute atomic E-state index is 9.55. The number of anilines is 1. The van der Waals surface area contributed by atoms with Gasteiger partial charge in [-0.1, -0.05) is 32.0 Å². The zero-order chi connectivity index (χ0) is 15.2. The standard InChI is InChI=1S/C17H26N2OS/c1-3-13-8-7-9-14(4-2)16(13)18-17(21)19-11-6-5-10-15(19)12-20/h7-9,15,20H,3-6,10-12H2,1-2H3,(H,18,21). The average molecular weight is 306 g/mol. The van der Waals surface area contributed by atoms with Crippen LogP contribution in [0.5, 0.6) is 0 Å². The second kappa shape index (κ2) is 7.76. The van der Waals surface area contributed by atoms with Crippen LogP contribution < -0.4 is 5.32 Å². The van der Waals surface area contributed by atoms with Gasteiger partial charge in [-0.3, -0.25) is 0 Å². The maximum atomic E-state index is 9.55. The Morgan fingerprint density at radius 3 is 2.52 bits per heavy atom. The van der Waals surface area contributed by atoms with E-state index in [9.17, 15) is 5.11 Å². The third kappa shape index (κ3) is 3.74. The number of hydrogen-bond acceptors (Lipinski definition) is 2. The zero-order valence-corrected chi connectivity index (χ0v) is 13.9. The number of para-hydroxylation sites is 1. The normalized spacial score (nSPS) is 18.6. The summed E-state index contributed by atoms with van der Waals surface area (Å²) in [6.45, 7) is 5.45. The van der Waals surface area contributed by atoms with Crippen LogP contribution in [0.4, 0.5) is 5.69 Å². The molecule has 116 valence electrons. The lowest BCUT2D eigenvalue weighted by molar-refractivity contribution is 0.149. The van der Waals surface area contributed by atoms with Crippen LogP contribution >= 0.6 is 12.2 Å². The van der Waals surface area contributed by atoms with Gasteiger partial charge in [0.05, 0.1) is 12.6 Å². The highest BCUT2D eigenvalue weighted by molar-refractivity contribution is 7.80. The Bertz CT molecular complexity index is 467. The van der Waals surface area contributed by atoms with E-state index < -0.39 is 0 Å². The molecule has 1 unspecified atom stereocenters. The SMILES string of the molecule is CCc1cccc(CC)c1NC(=S)N1CCCCC1CO. The summed E-state index contributed by atoms with van der Waals surface area (Å²) in [7, 11) is 0. The number of rotatable bonds is 4. The minimum atomic E-state index is 0.164. The summed E-state index contributed by atoms with van der Waals surface area (Å²) < 4.78 is 0. The number of aliphatic hydroxyl groups is 1. The molecule has 0 radical (unpaired) electrons. The molecule has 1 atom stereocenters. The van der Waals surface area contributed by atoms with Gasteiger partial charge in [0.2, 0.25) is 0 Å². The lowest BCUT2D eigenvalue weighted by atomic mass is 10.0. The fourth-order valence-electron chi connectivity index (χ4n) is 3.04. The highest BCUT2D eigenvalue weighted by Crippen LogP contribution is 2.24. The van der Waals surface area contributed by atoms with Crippen molar-refractivity contribution in [2.45, 2.75) is 52.0 Å². The van der Waals surface area contributed by atoms with Gasteiger partial charge in [-0.05, 0) is 55.4 Å². The van der Waals surface area contributed by atoms with Gasteiger partial charge < -0.3 is 15.3 Å². The molecule has 0 saturated carbocycles. The molecule has 0 spiro atoms. The second-order valence-corrected chi connectivity index (χ2v) is 6.00. The molecule has 0 aliphatic carbocycles. The summed E-state index contributed by atoms with van der Waals surface area (Å²) in [6, 6.07) is 6.59. The number of likely N-dealkylation sites (tertiary alicyclic amines) is 1. The highest BCUT2D eigenvalue weighted by Gasteiger charge is 2.24. The van der Waals surface area contributed by atoms with Crippen LogP contribution in [-0.2, 0) is 12.8 Å². The molecule has 1 heterocycles. The topological polar surface area (TPSA) is 35.5 Å². The van der Waals surface area contributed by atoms with Gasteiger partial charge in [0.25, 0.3) is 0 Å². The second-order valence-electron chi connectivity index (χ2n) is 5.61. The molecule has 2 rings (SSSR count). The molecule has 3 nitrogen and oxygen atoms in total. The lowest BCUT2D eigenvalue weighted by Crippen LogP contribution is -2.47. The fraction of sp³-hybridized carbons (Fsp3) is 0.588. The number of nitrogens with one attached hydrogen (secondary N) is 1. The highest BCUT2D eigenvalue weighted by atomic mass is 32.1. The number of piperidine rings is 1. The van der Waals surface area contributed by atoms with Crippen LogP contribution in [0.1, 0.15) is 44.2 Å². The molecule has 0 amide bonds. The van der Waals surface area contributed by atoms with E-state index in [2.05, 4.69) is 42.3 Å². The summed E-state index contributed by atoms with van der Waals surface area (Å²) in [5.74, 6) is 0. The Balaban J connectivity index is 2.18. The Labute approximate surface area is 133 Å². The summed E-state index contributed by atoms with van der Waals surface area (Å²) in [5, 5.41) is 13.8. The van der Waals surface area contributed by atoms with E-state index in [1.54, 1.807) is 0 Å². The first-order valence-corrected chi connectivity index (χ1v) is 8.41. The smallest absolute Gasteiger partial charge is 0.173 e. The molecule has 4 heteroatoms. The van der Waals surface area contributed by atoms with Crippen molar-refractivity contribution in [3.63, 3.8) is 0 Å². The number of benzene rings is 1. The minimum Gasteiger partial charge on any atom is -0.394 e. The van der Waals surface area contributed by atoms with E-state index in [0.717, 1.165) is 43.0 Å². The number of hydrogen-bond donors (Lipinski definition) is 2. The first kappa shape index (κ1) is 16.2. The zero-order valence-electron chi connectivity index (χ0n) is 13.1. The van der Waals surface area contributed by atoms with Crippen LogP contribution in [0.25, 0.3) is 0 Å². The predicted molar refractivity (Wildman–Crippen MR) is 92.8 cm³/mol. The van der Waals surface area contributed by atoms with Gasteiger partial charge in [0.15, 0.2) is 5.11 Å². The van der Waals surface area contributed by atoms with Gasteiger partial charge in [0, 0.05) is 12.2 Å². The molecule has 0 bridgehead atoms. The summed E-state index contributed by atoms with van der Waals surface area (Å²) in [4.78, 5) is 2.16. The quantitative estimate of drug-likeness (QED) is 0.836. The molecule has 1 aromatic carbocycles. The van der Waals surface area contributed by atoms with Crippen molar-refractivity contribution < 1.29 is 5.11 Å². The molecule has 1 aliphatic rings. The van der Waals surface area contributed by atoms with E-state index >= 15 is 0 Å². The summed E-state index contributed by atoms with van der Waals surface area (Å²) in [5.41, 5.74) is 3.76. The van der Waals surface area contributed by atoms with Crippen LogP contribution in [0, 0.1) is 0 Å². The van der Waals surface area contributed by atoms with E-state index in [4.69, 9.17) is 12.2 Å². The molecule has 0 aromatic heterocycles. The van der Waals surface area contributed by atoms with Gasteiger partial charge >= 0.3 is 0 Å². The van der Waals surface area contributed by atoms with Crippen LogP contribution in [-0.4, -0.2) is 34.3 Å². The van der Waals surface area contributed by atoms with E-state index in [1.807, 2.05) is 0 Å². The minimum absolute atomic E-state index is 0.164. The van der Waals surface area contributed by atoms with Crippen molar-refractivity contribution in [3.05, 3.63) is 29.3 Å². The van der Waals surface area contributed by atoms with Crippen molar-refractivity contribution in [2.24, 2.45) is 0 Å². The number of nitrogens with zero attached hydrogens (tertiary/aromatic N) is 1. The molecule has 1 aliphatic heterocycles. The van der Waals surface area contributed by atoms with Crippen molar-refractivity contribution in [3.8, 4) is 0 Å². The third-order valence-corrected chi connectivity index (χ3v) is 4.67. The Kier molecular flexibility index (Phi) is 6.00. The first-order chi connectivity index (χ1) is 10.2.